The van der Waals surface area contributed by atoms with E-state index in [2.05, 4.69) is 19.2 Å². The number of hydrogen-bond donors (Lipinski definition) is 1. The van der Waals surface area contributed by atoms with Crippen LogP contribution in [0.5, 0.6) is 0 Å². The van der Waals surface area contributed by atoms with Crippen molar-refractivity contribution in [3.8, 4) is 0 Å². The topological polar surface area (TPSA) is 102 Å². The fourth-order valence-electron chi connectivity index (χ4n) is 4.16. The van der Waals surface area contributed by atoms with E-state index >= 15 is 0 Å². The fourth-order valence-corrected chi connectivity index (χ4v) is 5.60. The molecule has 0 radical (unpaired) electrons. The van der Waals surface area contributed by atoms with Crippen LogP contribution < -0.4 is 5.32 Å². The van der Waals surface area contributed by atoms with Gasteiger partial charge in [0.25, 0.3) is 5.91 Å². The molecule has 1 heterocycles. The number of nitrogens with zero attached hydrogens (tertiary/aromatic N) is 1. The van der Waals surface area contributed by atoms with Crippen LogP contribution in [-0.4, -0.2) is 63.6 Å². The van der Waals surface area contributed by atoms with E-state index in [9.17, 15) is 18.0 Å². The summed E-state index contributed by atoms with van der Waals surface area (Å²) >= 11 is 0. The second kappa shape index (κ2) is 10.1. The third-order valence-corrected chi connectivity index (χ3v) is 8.32. The average molecular weight is 453 g/mol. The van der Waals surface area contributed by atoms with E-state index in [0.29, 0.717) is 30.6 Å². The van der Waals surface area contributed by atoms with Gasteiger partial charge < -0.3 is 14.8 Å². The number of morpholine rings is 1. The lowest BCUT2D eigenvalue weighted by Gasteiger charge is -2.34. The number of hydrogen-bond acceptors (Lipinski definition) is 6. The number of sulfonamides is 1. The molecule has 31 heavy (non-hydrogen) atoms. The van der Waals surface area contributed by atoms with Crippen molar-refractivity contribution >= 4 is 21.9 Å². The Kier molecular flexibility index (Phi) is 7.72. The van der Waals surface area contributed by atoms with E-state index in [1.165, 1.54) is 16.4 Å². The molecule has 1 amide bonds. The van der Waals surface area contributed by atoms with Crippen LogP contribution in [0.3, 0.4) is 0 Å². The minimum absolute atomic E-state index is 0.0291. The molecule has 0 aromatic heterocycles. The summed E-state index contributed by atoms with van der Waals surface area (Å²) in [4.78, 5) is 24.9. The Morgan fingerprint density at radius 3 is 2.61 bits per heavy atom. The maximum atomic E-state index is 12.9. The molecule has 1 aliphatic carbocycles. The van der Waals surface area contributed by atoms with Crippen LogP contribution >= 0.6 is 0 Å². The van der Waals surface area contributed by atoms with Gasteiger partial charge in [-0.2, -0.15) is 4.31 Å². The number of carbonyl (C=O) groups is 2. The molecule has 8 nitrogen and oxygen atoms in total. The van der Waals surface area contributed by atoms with E-state index in [-0.39, 0.29) is 35.5 Å². The van der Waals surface area contributed by atoms with Gasteiger partial charge in [0.1, 0.15) is 0 Å². The summed E-state index contributed by atoms with van der Waals surface area (Å²) in [6.07, 6.45) is 3.15. The van der Waals surface area contributed by atoms with Crippen molar-refractivity contribution in [1.29, 1.82) is 0 Å². The lowest BCUT2D eigenvalue weighted by molar-refractivity contribution is -0.125. The largest absolute Gasteiger partial charge is 0.452 e. The van der Waals surface area contributed by atoms with Crippen molar-refractivity contribution < 1.29 is 27.5 Å². The first-order chi connectivity index (χ1) is 14.7. The quantitative estimate of drug-likeness (QED) is 0.664. The van der Waals surface area contributed by atoms with Gasteiger partial charge in [-0.25, -0.2) is 13.2 Å². The molecule has 1 aromatic rings. The van der Waals surface area contributed by atoms with Gasteiger partial charge >= 0.3 is 5.97 Å². The second-order valence-corrected chi connectivity index (χ2v) is 10.4. The van der Waals surface area contributed by atoms with Crippen LogP contribution in [0.2, 0.25) is 0 Å². The number of esters is 1. The summed E-state index contributed by atoms with van der Waals surface area (Å²) in [6.45, 7) is 6.85. The molecule has 1 aliphatic heterocycles. The van der Waals surface area contributed by atoms with E-state index in [1.54, 1.807) is 13.0 Å². The minimum Gasteiger partial charge on any atom is -0.452 e. The van der Waals surface area contributed by atoms with E-state index < -0.39 is 22.6 Å². The predicted molar refractivity (Wildman–Crippen MR) is 115 cm³/mol. The second-order valence-electron chi connectivity index (χ2n) is 8.51. The van der Waals surface area contributed by atoms with Gasteiger partial charge in [0.15, 0.2) is 6.61 Å². The first-order valence-corrected chi connectivity index (χ1v) is 12.3. The molecule has 3 unspecified atom stereocenters. The van der Waals surface area contributed by atoms with Crippen molar-refractivity contribution in [2.75, 3.05) is 32.9 Å². The predicted octanol–water partition coefficient (Wildman–Crippen LogP) is 2.11. The van der Waals surface area contributed by atoms with Crippen LogP contribution in [0.25, 0.3) is 0 Å². The molecule has 0 spiro atoms. The highest BCUT2D eigenvalue weighted by atomic mass is 32.2. The molecule has 172 valence electrons. The highest BCUT2D eigenvalue weighted by molar-refractivity contribution is 7.89. The Labute approximate surface area is 184 Å². The first-order valence-electron chi connectivity index (χ1n) is 10.8. The molecule has 1 aromatic carbocycles. The van der Waals surface area contributed by atoms with Crippen molar-refractivity contribution in [1.82, 2.24) is 9.62 Å². The van der Waals surface area contributed by atoms with Gasteiger partial charge in [0.2, 0.25) is 10.0 Å². The number of ether oxygens (including phenoxy) is 2. The number of aryl methyl sites for hydroxylation is 1. The molecule has 3 atom stereocenters. The number of amides is 1. The van der Waals surface area contributed by atoms with Gasteiger partial charge in [0.05, 0.1) is 23.7 Å². The average Bonchev–Trinajstić information content (AvgIpc) is 2.76. The molecule has 2 fully saturated rings. The third-order valence-electron chi connectivity index (χ3n) is 6.42. The van der Waals surface area contributed by atoms with E-state index in [0.717, 1.165) is 19.3 Å². The Bertz CT molecular complexity index is 911. The highest BCUT2D eigenvalue weighted by Gasteiger charge is 2.29. The molecule has 1 N–H and O–H groups in total. The zero-order chi connectivity index (χ0) is 22.6. The molecule has 1 saturated carbocycles. The molecular weight excluding hydrogens is 420 g/mol. The fraction of sp³-hybridized carbons (Fsp3) is 0.636. The molecule has 0 bridgehead atoms. The number of nitrogens with one attached hydrogen (secondary N) is 1. The monoisotopic (exact) mass is 452 g/mol. The van der Waals surface area contributed by atoms with Gasteiger partial charge in [0, 0.05) is 19.1 Å². The van der Waals surface area contributed by atoms with Crippen molar-refractivity contribution in [3.63, 3.8) is 0 Å². The maximum absolute atomic E-state index is 12.9. The normalized spacial score (nSPS) is 25.1. The van der Waals surface area contributed by atoms with Gasteiger partial charge in [-0.05, 0) is 42.9 Å². The minimum atomic E-state index is -3.73. The van der Waals surface area contributed by atoms with E-state index in [1.807, 2.05) is 0 Å². The van der Waals surface area contributed by atoms with Crippen LogP contribution in [0.4, 0.5) is 0 Å². The maximum Gasteiger partial charge on any atom is 0.338 e. The van der Waals surface area contributed by atoms with Crippen molar-refractivity contribution in [2.24, 2.45) is 11.8 Å². The van der Waals surface area contributed by atoms with Crippen LogP contribution in [0.15, 0.2) is 23.1 Å². The zero-order valence-electron chi connectivity index (χ0n) is 18.4. The molecule has 2 aliphatic rings. The summed E-state index contributed by atoms with van der Waals surface area (Å²) in [7, 11) is -3.73. The summed E-state index contributed by atoms with van der Waals surface area (Å²) in [6, 6.07) is 4.47. The highest BCUT2D eigenvalue weighted by Crippen LogP contribution is 2.29. The van der Waals surface area contributed by atoms with E-state index in [4.69, 9.17) is 9.47 Å². The SMILES string of the molecule is Cc1ccc(S(=O)(=O)N2CCOCC2)cc1C(=O)OCC(=O)NC1CCCC(C)C1C. The lowest BCUT2D eigenvalue weighted by Crippen LogP contribution is -2.45. The Morgan fingerprint density at radius 2 is 1.90 bits per heavy atom. The summed E-state index contributed by atoms with van der Waals surface area (Å²) in [5.41, 5.74) is 0.725. The van der Waals surface area contributed by atoms with Gasteiger partial charge in [-0.3, -0.25) is 4.79 Å². The molecule has 3 rings (SSSR count). The Morgan fingerprint density at radius 1 is 1.19 bits per heavy atom. The lowest BCUT2D eigenvalue weighted by atomic mass is 9.78. The number of rotatable bonds is 6. The van der Waals surface area contributed by atoms with Crippen molar-refractivity contribution in [2.45, 2.75) is 51.0 Å². The standard InChI is InChI=1S/C22H32N2O6S/c1-15-5-4-6-20(17(15)3)23-21(25)14-30-22(26)19-13-18(8-7-16(19)2)31(27,28)24-9-11-29-12-10-24/h7-8,13,15,17,20H,4-6,9-12,14H2,1-3H3,(H,23,25). The molecule has 9 heteroatoms. The van der Waals surface area contributed by atoms with Crippen LogP contribution in [-0.2, 0) is 24.3 Å². The van der Waals surface area contributed by atoms with Crippen molar-refractivity contribution in [3.05, 3.63) is 29.3 Å². The summed E-state index contributed by atoms with van der Waals surface area (Å²) < 4.78 is 37.5. The summed E-state index contributed by atoms with van der Waals surface area (Å²) in [5.74, 6) is -0.135. The number of benzene rings is 1. The summed E-state index contributed by atoms with van der Waals surface area (Å²) in [5, 5.41) is 2.97. The van der Waals surface area contributed by atoms with Gasteiger partial charge in [-0.15, -0.1) is 0 Å². The Balaban J connectivity index is 1.63. The van der Waals surface area contributed by atoms with Crippen LogP contribution in [0, 0.1) is 18.8 Å². The smallest absolute Gasteiger partial charge is 0.338 e. The molecular formula is C22H32N2O6S. The Hall–Kier alpha value is -1.97. The zero-order valence-corrected chi connectivity index (χ0v) is 19.2. The van der Waals surface area contributed by atoms with Gasteiger partial charge in [-0.1, -0.05) is 32.8 Å². The third kappa shape index (κ3) is 5.64. The first kappa shape index (κ1) is 23.7. The van der Waals surface area contributed by atoms with Crippen LogP contribution in [0.1, 0.15) is 49.0 Å². The molecule has 1 saturated heterocycles. The number of carbonyl (C=O) groups excluding carboxylic acids is 2.